The summed E-state index contributed by atoms with van der Waals surface area (Å²) in [6.45, 7) is 4.12. The third kappa shape index (κ3) is 5.84. The minimum absolute atomic E-state index is 0.355. The van der Waals surface area contributed by atoms with Gasteiger partial charge in [-0.15, -0.1) is 0 Å². The zero-order valence-electron chi connectivity index (χ0n) is 17.9. The van der Waals surface area contributed by atoms with Gasteiger partial charge in [0.1, 0.15) is 5.75 Å². The highest BCUT2D eigenvalue weighted by Gasteiger charge is 2.09. The lowest BCUT2D eigenvalue weighted by molar-refractivity contribution is 0.415. The number of anilines is 2. The summed E-state index contributed by atoms with van der Waals surface area (Å²) >= 11 is 0. The molecular formula is C24H32N4O. The number of nitrogens with zero attached hydrogens (tertiary/aromatic N) is 2. The predicted octanol–water partition coefficient (Wildman–Crippen LogP) is 4.68. The Morgan fingerprint density at radius 2 is 1.90 bits per heavy atom. The van der Waals surface area contributed by atoms with Crippen LogP contribution in [-0.2, 0) is 6.54 Å². The van der Waals surface area contributed by atoms with Gasteiger partial charge in [-0.2, -0.15) is 0 Å². The third-order valence-corrected chi connectivity index (χ3v) is 5.09. The highest BCUT2D eigenvalue weighted by atomic mass is 16.5. The highest BCUT2D eigenvalue weighted by molar-refractivity contribution is 5.91. The molecule has 0 fully saturated rings. The molecule has 5 nitrogen and oxygen atoms in total. The van der Waals surface area contributed by atoms with E-state index in [0.29, 0.717) is 6.04 Å². The van der Waals surface area contributed by atoms with Gasteiger partial charge >= 0.3 is 0 Å². The summed E-state index contributed by atoms with van der Waals surface area (Å²) in [5, 5.41) is 8.24. The van der Waals surface area contributed by atoms with Crippen LogP contribution in [0.2, 0.25) is 0 Å². The van der Waals surface area contributed by atoms with E-state index in [9.17, 15) is 0 Å². The number of ether oxygens (including phenoxy) is 1. The summed E-state index contributed by atoms with van der Waals surface area (Å²) in [5.41, 5.74) is 4.56. The number of aromatic nitrogens is 1. The van der Waals surface area contributed by atoms with Gasteiger partial charge in [-0.3, -0.25) is 4.98 Å². The smallest absolute Gasteiger partial charge is 0.121 e. The Hall–Kier alpha value is -2.79. The van der Waals surface area contributed by atoms with Gasteiger partial charge in [0, 0.05) is 50.0 Å². The van der Waals surface area contributed by atoms with Gasteiger partial charge in [0.25, 0.3) is 0 Å². The second-order valence-corrected chi connectivity index (χ2v) is 7.68. The molecule has 0 radical (unpaired) electrons. The molecule has 2 aromatic carbocycles. The van der Waals surface area contributed by atoms with E-state index in [-0.39, 0.29) is 0 Å². The largest absolute Gasteiger partial charge is 0.497 e. The van der Waals surface area contributed by atoms with Crippen molar-refractivity contribution in [3.63, 3.8) is 0 Å². The third-order valence-electron chi connectivity index (χ3n) is 5.09. The second kappa shape index (κ2) is 10.1. The number of rotatable bonds is 10. The Morgan fingerprint density at radius 1 is 1.10 bits per heavy atom. The van der Waals surface area contributed by atoms with Crippen molar-refractivity contribution >= 4 is 22.3 Å². The minimum atomic E-state index is 0.355. The molecule has 0 amide bonds. The number of methoxy groups -OCH3 is 1. The van der Waals surface area contributed by atoms with Crippen molar-refractivity contribution < 1.29 is 4.74 Å². The lowest BCUT2D eigenvalue weighted by Gasteiger charge is -2.17. The van der Waals surface area contributed by atoms with Crippen molar-refractivity contribution in [3.05, 3.63) is 60.3 Å². The lowest BCUT2D eigenvalue weighted by atomic mass is 10.1. The molecule has 29 heavy (non-hydrogen) atoms. The lowest BCUT2D eigenvalue weighted by Crippen LogP contribution is -2.20. The summed E-state index contributed by atoms with van der Waals surface area (Å²) in [5.74, 6) is 0.849. The van der Waals surface area contributed by atoms with E-state index in [0.717, 1.165) is 48.3 Å². The summed E-state index contributed by atoms with van der Waals surface area (Å²) in [7, 11) is 5.82. The first-order valence-corrected chi connectivity index (χ1v) is 10.2. The molecule has 3 aromatic rings. The van der Waals surface area contributed by atoms with Crippen LogP contribution in [0.25, 0.3) is 10.9 Å². The average Bonchev–Trinajstić information content (AvgIpc) is 2.73. The molecule has 0 aliphatic rings. The van der Waals surface area contributed by atoms with E-state index in [2.05, 4.69) is 71.9 Å². The molecule has 1 aromatic heterocycles. The molecule has 1 atom stereocenters. The van der Waals surface area contributed by atoms with Gasteiger partial charge < -0.3 is 20.3 Å². The Labute approximate surface area is 174 Å². The quantitative estimate of drug-likeness (QED) is 0.491. The number of pyridine rings is 1. The van der Waals surface area contributed by atoms with E-state index in [1.165, 1.54) is 11.3 Å². The number of benzene rings is 2. The number of nitrogens with one attached hydrogen (secondary N) is 2. The molecule has 1 heterocycles. The average molecular weight is 393 g/mol. The number of hydrogen-bond donors (Lipinski definition) is 2. The first kappa shape index (κ1) is 20.9. The van der Waals surface area contributed by atoms with E-state index < -0.39 is 0 Å². The zero-order chi connectivity index (χ0) is 20.6. The molecule has 154 valence electrons. The molecule has 5 heteroatoms. The SMILES string of the molecule is COc1cc(N[C@@H](C)CCCNCc2ccc(N(C)C)cc2)c2ncccc2c1. The van der Waals surface area contributed by atoms with Crippen LogP contribution < -0.4 is 20.3 Å². The molecule has 0 saturated carbocycles. The molecule has 0 aliphatic heterocycles. The van der Waals surface area contributed by atoms with Crippen LogP contribution >= 0.6 is 0 Å². The topological polar surface area (TPSA) is 49.4 Å². The summed E-state index contributed by atoms with van der Waals surface area (Å²) < 4.78 is 5.44. The maximum absolute atomic E-state index is 5.44. The maximum Gasteiger partial charge on any atom is 0.121 e. The standard InChI is InChI=1S/C24H32N4O/c1-18(7-5-13-25-17-19-9-11-21(12-10-19)28(2)3)27-23-16-22(29-4)15-20-8-6-14-26-24(20)23/h6,8-12,14-16,18,25,27H,5,7,13,17H2,1-4H3/t18-/m0/s1. The van der Waals surface area contributed by atoms with Crippen LogP contribution in [0.4, 0.5) is 11.4 Å². The maximum atomic E-state index is 5.44. The summed E-state index contributed by atoms with van der Waals surface area (Å²) in [6, 6.07) is 17.1. The van der Waals surface area contributed by atoms with Gasteiger partial charge in [0.15, 0.2) is 0 Å². The molecular weight excluding hydrogens is 360 g/mol. The van der Waals surface area contributed by atoms with E-state index >= 15 is 0 Å². The van der Waals surface area contributed by atoms with Gasteiger partial charge in [0.05, 0.1) is 18.3 Å². The molecule has 3 rings (SSSR count). The fourth-order valence-electron chi connectivity index (χ4n) is 3.41. The molecule has 0 aliphatic carbocycles. The fourth-order valence-corrected chi connectivity index (χ4v) is 3.41. The van der Waals surface area contributed by atoms with Crippen molar-refractivity contribution in [2.24, 2.45) is 0 Å². The molecule has 0 saturated heterocycles. The van der Waals surface area contributed by atoms with Crippen molar-refractivity contribution in [2.45, 2.75) is 32.4 Å². The normalized spacial score (nSPS) is 12.0. The monoisotopic (exact) mass is 392 g/mol. The van der Waals surface area contributed by atoms with Crippen LogP contribution in [-0.4, -0.2) is 38.8 Å². The van der Waals surface area contributed by atoms with Gasteiger partial charge in [0.2, 0.25) is 0 Å². The van der Waals surface area contributed by atoms with Crippen LogP contribution in [0.3, 0.4) is 0 Å². The zero-order valence-corrected chi connectivity index (χ0v) is 17.9. The van der Waals surface area contributed by atoms with Gasteiger partial charge in [-0.05, 0) is 56.1 Å². The Morgan fingerprint density at radius 3 is 2.62 bits per heavy atom. The van der Waals surface area contributed by atoms with Crippen LogP contribution in [0.15, 0.2) is 54.7 Å². The van der Waals surface area contributed by atoms with Crippen LogP contribution in [0, 0.1) is 0 Å². The molecule has 2 N–H and O–H groups in total. The van der Waals surface area contributed by atoms with Gasteiger partial charge in [-0.1, -0.05) is 18.2 Å². The number of hydrogen-bond acceptors (Lipinski definition) is 5. The Bertz CT molecular complexity index is 908. The first-order valence-electron chi connectivity index (χ1n) is 10.2. The molecule has 0 spiro atoms. The molecule has 0 unspecified atom stereocenters. The van der Waals surface area contributed by atoms with Crippen molar-refractivity contribution in [2.75, 3.05) is 38.0 Å². The highest BCUT2D eigenvalue weighted by Crippen LogP contribution is 2.28. The molecule has 0 bridgehead atoms. The van der Waals surface area contributed by atoms with Crippen molar-refractivity contribution in [1.29, 1.82) is 0 Å². The predicted molar refractivity (Wildman–Crippen MR) is 123 cm³/mol. The summed E-state index contributed by atoms with van der Waals surface area (Å²) in [6.07, 6.45) is 4.02. The number of fused-ring (bicyclic) bond motifs is 1. The van der Waals surface area contributed by atoms with Crippen molar-refractivity contribution in [1.82, 2.24) is 10.3 Å². The summed E-state index contributed by atoms with van der Waals surface area (Å²) in [4.78, 5) is 6.65. The second-order valence-electron chi connectivity index (χ2n) is 7.68. The fraction of sp³-hybridized carbons (Fsp3) is 0.375. The van der Waals surface area contributed by atoms with E-state index in [1.54, 1.807) is 7.11 Å². The van der Waals surface area contributed by atoms with Crippen LogP contribution in [0.5, 0.6) is 5.75 Å². The van der Waals surface area contributed by atoms with Gasteiger partial charge in [-0.25, -0.2) is 0 Å². The minimum Gasteiger partial charge on any atom is -0.497 e. The van der Waals surface area contributed by atoms with E-state index in [1.807, 2.05) is 24.4 Å². The first-order chi connectivity index (χ1) is 14.1. The van der Waals surface area contributed by atoms with Crippen molar-refractivity contribution in [3.8, 4) is 5.75 Å². The van der Waals surface area contributed by atoms with Crippen LogP contribution in [0.1, 0.15) is 25.3 Å². The Kier molecular flexibility index (Phi) is 7.30. The Balaban J connectivity index is 1.45. The van der Waals surface area contributed by atoms with E-state index in [4.69, 9.17) is 4.74 Å².